The first kappa shape index (κ1) is 12.7. The van der Waals surface area contributed by atoms with Crippen LogP contribution in [0.3, 0.4) is 0 Å². The zero-order valence-corrected chi connectivity index (χ0v) is 10.2. The van der Waals surface area contributed by atoms with Crippen LogP contribution in [0.15, 0.2) is 36.7 Å². The van der Waals surface area contributed by atoms with Crippen molar-refractivity contribution in [3.63, 3.8) is 0 Å². The SMILES string of the molecule is C=C(C)C1OC1OCCOC(=O)c1ccncc1. The maximum Gasteiger partial charge on any atom is 0.338 e. The van der Waals surface area contributed by atoms with E-state index in [-0.39, 0.29) is 25.0 Å². The third-order valence-electron chi connectivity index (χ3n) is 2.45. The third kappa shape index (κ3) is 3.38. The number of ether oxygens (including phenoxy) is 3. The van der Waals surface area contributed by atoms with E-state index in [1.54, 1.807) is 24.5 Å². The molecule has 0 saturated carbocycles. The number of hydrogen-bond donors (Lipinski definition) is 0. The molecule has 18 heavy (non-hydrogen) atoms. The average molecular weight is 249 g/mol. The van der Waals surface area contributed by atoms with Gasteiger partial charge >= 0.3 is 5.97 Å². The van der Waals surface area contributed by atoms with Crippen LogP contribution < -0.4 is 0 Å². The molecule has 0 bridgehead atoms. The van der Waals surface area contributed by atoms with E-state index in [0.717, 1.165) is 5.57 Å². The van der Waals surface area contributed by atoms with Crippen LogP contribution in [0, 0.1) is 0 Å². The highest BCUT2D eigenvalue weighted by molar-refractivity contribution is 5.89. The summed E-state index contributed by atoms with van der Waals surface area (Å²) in [7, 11) is 0. The molecule has 1 aliphatic heterocycles. The van der Waals surface area contributed by atoms with Crippen LogP contribution in [-0.2, 0) is 14.2 Å². The number of rotatable bonds is 6. The topological polar surface area (TPSA) is 61.0 Å². The van der Waals surface area contributed by atoms with Crippen molar-refractivity contribution in [1.29, 1.82) is 0 Å². The minimum atomic E-state index is -0.380. The Kier molecular flexibility index (Phi) is 4.07. The molecule has 96 valence electrons. The normalized spacial score (nSPS) is 21.4. The van der Waals surface area contributed by atoms with Crippen LogP contribution in [-0.4, -0.2) is 36.6 Å². The molecule has 2 atom stereocenters. The largest absolute Gasteiger partial charge is 0.460 e. The number of esters is 1. The maximum atomic E-state index is 11.5. The predicted octanol–water partition coefficient (Wildman–Crippen LogP) is 1.56. The third-order valence-corrected chi connectivity index (χ3v) is 2.45. The molecule has 0 spiro atoms. The van der Waals surface area contributed by atoms with E-state index >= 15 is 0 Å². The Hall–Kier alpha value is -1.72. The van der Waals surface area contributed by atoms with Crippen molar-refractivity contribution in [3.05, 3.63) is 42.2 Å². The molecule has 1 saturated heterocycles. The van der Waals surface area contributed by atoms with E-state index in [9.17, 15) is 4.79 Å². The van der Waals surface area contributed by atoms with E-state index in [2.05, 4.69) is 11.6 Å². The molecule has 1 aliphatic rings. The Labute approximate surface area is 105 Å². The standard InChI is InChI=1S/C13H15NO4/c1-9(2)11-13(18-11)17-8-7-16-12(15)10-3-5-14-6-4-10/h3-6,11,13H,1,7-8H2,2H3. The average Bonchev–Trinajstić information content (AvgIpc) is 3.15. The van der Waals surface area contributed by atoms with Gasteiger partial charge in [-0.25, -0.2) is 4.79 Å². The Bertz CT molecular complexity index is 432. The quantitative estimate of drug-likeness (QED) is 0.331. The molecule has 0 aliphatic carbocycles. The molecule has 0 N–H and O–H groups in total. The van der Waals surface area contributed by atoms with Gasteiger partial charge in [0.15, 0.2) is 6.29 Å². The molecule has 1 aromatic heterocycles. The number of pyridine rings is 1. The highest BCUT2D eigenvalue weighted by Crippen LogP contribution is 2.28. The molecule has 1 aromatic rings. The van der Waals surface area contributed by atoms with Gasteiger partial charge in [0.1, 0.15) is 12.7 Å². The minimum Gasteiger partial charge on any atom is -0.460 e. The first-order chi connectivity index (χ1) is 8.68. The van der Waals surface area contributed by atoms with Gasteiger partial charge in [0.05, 0.1) is 12.2 Å². The maximum absolute atomic E-state index is 11.5. The molecule has 1 fully saturated rings. The van der Waals surface area contributed by atoms with E-state index in [1.807, 2.05) is 6.92 Å². The van der Waals surface area contributed by atoms with Gasteiger partial charge in [0.2, 0.25) is 0 Å². The molecular formula is C13H15NO4. The van der Waals surface area contributed by atoms with Crippen molar-refractivity contribution in [2.75, 3.05) is 13.2 Å². The van der Waals surface area contributed by atoms with Crippen LogP contribution in [0.4, 0.5) is 0 Å². The Morgan fingerprint density at radius 1 is 1.44 bits per heavy atom. The van der Waals surface area contributed by atoms with Crippen LogP contribution in [0.1, 0.15) is 17.3 Å². The van der Waals surface area contributed by atoms with Crippen LogP contribution in [0.2, 0.25) is 0 Å². The Morgan fingerprint density at radius 2 is 2.17 bits per heavy atom. The number of aromatic nitrogens is 1. The number of epoxide rings is 1. The van der Waals surface area contributed by atoms with Crippen LogP contribution in [0.25, 0.3) is 0 Å². The number of carbonyl (C=O) groups is 1. The van der Waals surface area contributed by atoms with Crippen molar-refractivity contribution < 1.29 is 19.0 Å². The summed E-state index contributed by atoms with van der Waals surface area (Å²) >= 11 is 0. The van der Waals surface area contributed by atoms with Crippen molar-refractivity contribution in [3.8, 4) is 0 Å². The second-order valence-corrected chi connectivity index (χ2v) is 4.01. The fourth-order valence-corrected chi connectivity index (χ4v) is 1.44. The molecular weight excluding hydrogens is 234 g/mol. The number of carbonyl (C=O) groups excluding carboxylic acids is 1. The van der Waals surface area contributed by atoms with Crippen LogP contribution >= 0.6 is 0 Å². The highest BCUT2D eigenvalue weighted by Gasteiger charge is 2.40. The summed E-state index contributed by atoms with van der Waals surface area (Å²) in [6.07, 6.45) is 2.84. The number of hydrogen-bond acceptors (Lipinski definition) is 5. The van der Waals surface area contributed by atoms with Gasteiger partial charge < -0.3 is 14.2 Å². The van der Waals surface area contributed by atoms with Gasteiger partial charge in [-0.15, -0.1) is 0 Å². The summed E-state index contributed by atoms with van der Waals surface area (Å²) in [6, 6.07) is 3.20. The summed E-state index contributed by atoms with van der Waals surface area (Å²) in [5, 5.41) is 0. The van der Waals surface area contributed by atoms with Gasteiger partial charge in [-0.05, 0) is 24.6 Å². The molecule has 0 radical (unpaired) electrons. The lowest BCUT2D eigenvalue weighted by molar-refractivity contribution is 0.00726. The lowest BCUT2D eigenvalue weighted by atomic mass is 10.2. The van der Waals surface area contributed by atoms with E-state index < -0.39 is 0 Å². The molecule has 0 amide bonds. The molecule has 2 unspecified atom stereocenters. The smallest absolute Gasteiger partial charge is 0.338 e. The van der Waals surface area contributed by atoms with Crippen molar-refractivity contribution in [1.82, 2.24) is 4.98 Å². The second kappa shape index (κ2) is 5.75. The Balaban J connectivity index is 1.62. The summed E-state index contributed by atoms with van der Waals surface area (Å²) < 4.78 is 15.6. The summed E-state index contributed by atoms with van der Waals surface area (Å²) in [4.78, 5) is 15.3. The van der Waals surface area contributed by atoms with Crippen LogP contribution in [0.5, 0.6) is 0 Å². The van der Waals surface area contributed by atoms with Crippen molar-refractivity contribution in [2.24, 2.45) is 0 Å². The van der Waals surface area contributed by atoms with Crippen molar-refractivity contribution >= 4 is 5.97 Å². The summed E-state index contributed by atoms with van der Waals surface area (Å²) in [6.45, 7) is 6.16. The number of nitrogens with zero attached hydrogens (tertiary/aromatic N) is 1. The zero-order chi connectivity index (χ0) is 13.0. The molecule has 5 heteroatoms. The minimum absolute atomic E-state index is 0.0131. The highest BCUT2D eigenvalue weighted by atomic mass is 16.8. The molecule has 0 aromatic carbocycles. The van der Waals surface area contributed by atoms with Crippen molar-refractivity contribution in [2.45, 2.75) is 19.3 Å². The molecule has 2 heterocycles. The van der Waals surface area contributed by atoms with E-state index in [4.69, 9.17) is 14.2 Å². The van der Waals surface area contributed by atoms with E-state index in [1.165, 1.54) is 0 Å². The second-order valence-electron chi connectivity index (χ2n) is 4.01. The van der Waals surface area contributed by atoms with Gasteiger partial charge in [-0.1, -0.05) is 6.58 Å². The van der Waals surface area contributed by atoms with Gasteiger partial charge in [-0.3, -0.25) is 4.98 Å². The lowest BCUT2D eigenvalue weighted by Crippen LogP contribution is -2.12. The van der Waals surface area contributed by atoms with E-state index in [0.29, 0.717) is 12.2 Å². The molecule has 2 rings (SSSR count). The molecule has 5 nitrogen and oxygen atoms in total. The first-order valence-electron chi connectivity index (χ1n) is 5.68. The summed E-state index contributed by atoms with van der Waals surface area (Å²) in [5.74, 6) is -0.380. The predicted molar refractivity (Wildman–Crippen MR) is 63.9 cm³/mol. The monoisotopic (exact) mass is 249 g/mol. The fraction of sp³-hybridized carbons (Fsp3) is 0.385. The Morgan fingerprint density at radius 3 is 2.78 bits per heavy atom. The lowest BCUT2D eigenvalue weighted by Gasteiger charge is -2.04. The van der Waals surface area contributed by atoms with Gasteiger partial charge in [0.25, 0.3) is 0 Å². The fourth-order valence-electron chi connectivity index (χ4n) is 1.44. The zero-order valence-electron chi connectivity index (χ0n) is 10.2. The van der Waals surface area contributed by atoms with Gasteiger partial charge in [-0.2, -0.15) is 0 Å². The first-order valence-corrected chi connectivity index (χ1v) is 5.68. The summed E-state index contributed by atoms with van der Waals surface area (Å²) in [5.41, 5.74) is 1.42. The van der Waals surface area contributed by atoms with Gasteiger partial charge in [0, 0.05) is 12.4 Å².